The van der Waals surface area contributed by atoms with Crippen molar-refractivity contribution in [2.45, 2.75) is 13.5 Å². The Balaban J connectivity index is 2.25. The van der Waals surface area contributed by atoms with Crippen molar-refractivity contribution in [2.24, 2.45) is 0 Å². The van der Waals surface area contributed by atoms with E-state index in [0.29, 0.717) is 0 Å². The van der Waals surface area contributed by atoms with Crippen molar-refractivity contribution in [3.8, 4) is 0 Å². The number of nitrogens with zero attached hydrogens (tertiary/aromatic N) is 2. The number of benzene rings is 1. The minimum absolute atomic E-state index is 0.839. The highest BCUT2D eigenvalue weighted by atomic mass is 32.1. The van der Waals surface area contributed by atoms with Crippen LogP contribution >= 0.6 is 12.6 Å². The number of hydrogen-bond donors (Lipinski definition) is 1. The maximum atomic E-state index is 4.31. The summed E-state index contributed by atoms with van der Waals surface area (Å²) in [5.74, 6) is 0.839. The Morgan fingerprint density at radius 3 is 2.62 bits per heavy atom. The molecule has 0 bridgehead atoms. The molecule has 0 atom stereocenters. The van der Waals surface area contributed by atoms with Gasteiger partial charge in [0.2, 0.25) is 5.69 Å². The van der Waals surface area contributed by atoms with Crippen LogP contribution in [0.5, 0.6) is 0 Å². The Morgan fingerprint density at radius 1 is 1.14 bits per heavy atom. The fourth-order valence-electron chi connectivity index (χ4n) is 2.25. The molecule has 0 spiro atoms. The van der Waals surface area contributed by atoms with Gasteiger partial charge in [0.05, 0.1) is 0 Å². The van der Waals surface area contributed by atoms with Gasteiger partial charge in [-0.25, -0.2) is 0 Å². The number of aryl methyl sites for hydroxylation is 2. The molecule has 0 saturated heterocycles. The quantitative estimate of drug-likeness (QED) is 0.656. The molecule has 110 valence electrons. The van der Waals surface area contributed by atoms with Crippen LogP contribution in [-0.2, 0) is 6.54 Å². The van der Waals surface area contributed by atoms with Gasteiger partial charge in [0, 0.05) is 43.7 Å². The van der Waals surface area contributed by atoms with Gasteiger partial charge in [0.25, 0.3) is 0 Å². The van der Waals surface area contributed by atoms with Crippen LogP contribution in [0.15, 0.2) is 42.6 Å². The van der Waals surface area contributed by atoms with Crippen LogP contribution in [0.2, 0.25) is 0 Å². The summed E-state index contributed by atoms with van der Waals surface area (Å²) in [6, 6.07) is 12.8. The molecule has 3 heteroatoms. The molecule has 0 aliphatic rings. The Bertz CT molecular complexity index is 633. The van der Waals surface area contributed by atoms with Crippen molar-refractivity contribution in [3.05, 3.63) is 59.4 Å². The number of aromatic nitrogens is 1. The van der Waals surface area contributed by atoms with Crippen LogP contribution in [0.25, 0.3) is 12.2 Å². The smallest absolute Gasteiger partial charge is 0.205 e. The second kappa shape index (κ2) is 7.32. The molecule has 2 rings (SSSR count). The summed E-state index contributed by atoms with van der Waals surface area (Å²) in [6.07, 6.45) is 6.44. The number of anilines is 1. The molecule has 1 aromatic heterocycles. The molecule has 0 amide bonds. The molecule has 0 aliphatic carbocycles. The summed E-state index contributed by atoms with van der Waals surface area (Å²) in [5.41, 5.74) is 4.97. The largest absolute Gasteiger partial charge is 0.378 e. The molecule has 0 unspecified atom stereocenters. The monoisotopic (exact) mass is 299 g/mol. The van der Waals surface area contributed by atoms with Crippen molar-refractivity contribution in [1.82, 2.24) is 0 Å². The lowest BCUT2D eigenvalue weighted by molar-refractivity contribution is -0.694. The van der Waals surface area contributed by atoms with Crippen LogP contribution in [0.1, 0.15) is 16.8 Å². The van der Waals surface area contributed by atoms with E-state index in [1.54, 1.807) is 0 Å². The van der Waals surface area contributed by atoms with Crippen molar-refractivity contribution in [1.29, 1.82) is 0 Å². The molecule has 0 radical (unpaired) electrons. The standard InChI is InChI=1S/C18H22N2S/c1-15-14-18(19(2)3)10-8-16(15)7-9-17-6-4-5-11-20(17)12-13-21/h4-11,14H,12-13H2,1-3H3/p+1. The summed E-state index contributed by atoms with van der Waals surface area (Å²) < 4.78 is 2.22. The predicted molar refractivity (Wildman–Crippen MR) is 94.9 cm³/mol. The summed E-state index contributed by atoms with van der Waals surface area (Å²) in [5, 5.41) is 0. The molecular weight excluding hydrogens is 276 g/mol. The first-order valence-electron chi connectivity index (χ1n) is 7.17. The normalized spacial score (nSPS) is 11.0. The number of thiol groups is 1. The molecule has 2 nitrogen and oxygen atoms in total. The van der Waals surface area contributed by atoms with Crippen LogP contribution in [0.3, 0.4) is 0 Å². The second-order valence-electron chi connectivity index (χ2n) is 5.31. The molecular formula is C18H23N2S+. The predicted octanol–water partition coefficient (Wildman–Crippen LogP) is 3.45. The second-order valence-corrected chi connectivity index (χ2v) is 5.76. The maximum absolute atomic E-state index is 4.31. The molecule has 0 N–H and O–H groups in total. The van der Waals surface area contributed by atoms with Crippen LogP contribution in [0.4, 0.5) is 5.69 Å². The molecule has 1 aromatic carbocycles. The van der Waals surface area contributed by atoms with E-state index in [2.05, 4.69) is 97.9 Å². The lowest BCUT2D eigenvalue weighted by atomic mass is 10.1. The van der Waals surface area contributed by atoms with Crippen molar-refractivity contribution in [3.63, 3.8) is 0 Å². The van der Waals surface area contributed by atoms with Crippen LogP contribution in [-0.4, -0.2) is 19.8 Å². The lowest BCUT2D eigenvalue weighted by Crippen LogP contribution is -2.37. The highest BCUT2D eigenvalue weighted by Gasteiger charge is 2.05. The van der Waals surface area contributed by atoms with E-state index in [4.69, 9.17) is 0 Å². The van der Waals surface area contributed by atoms with E-state index in [1.807, 2.05) is 0 Å². The van der Waals surface area contributed by atoms with Gasteiger partial charge in [0.15, 0.2) is 12.7 Å². The third kappa shape index (κ3) is 4.11. The molecule has 0 saturated carbocycles. The first-order valence-corrected chi connectivity index (χ1v) is 7.80. The van der Waals surface area contributed by atoms with Gasteiger partial charge in [-0.1, -0.05) is 6.07 Å². The lowest BCUT2D eigenvalue weighted by Gasteiger charge is -2.13. The van der Waals surface area contributed by atoms with Gasteiger partial charge in [0.1, 0.15) is 0 Å². The van der Waals surface area contributed by atoms with Crippen molar-refractivity contribution in [2.75, 3.05) is 24.7 Å². The number of pyridine rings is 1. The summed E-state index contributed by atoms with van der Waals surface area (Å²) in [7, 11) is 4.13. The zero-order valence-corrected chi connectivity index (χ0v) is 13.8. The van der Waals surface area contributed by atoms with Crippen LogP contribution < -0.4 is 9.47 Å². The first kappa shape index (κ1) is 15.6. The van der Waals surface area contributed by atoms with Crippen molar-refractivity contribution >= 4 is 30.5 Å². The molecule has 21 heavy (non-hydrogen) atoms. The third-order valence-corrected chi connectivity index (χ3v) is 3.72. The van der Waals surface area contributed by atoms with Gasteiger partial charge in [-0.15, -0.1) is 0 Å². The SMILES string of the molecule is Cc1cc(N(C)C)ccc1/C=C/c1cccc[n+]1CCS. The van der Waals surface area contributed by atoms with E-state index in [1.165, 1.54) is 22.5 Å². The molecule has 0 fully saturated rings. The zero-order chi connectivity index (χ0) is 15.2. The highest BCUT2D eigenvalue weighted by Crippen LogP contribution is 2.19. The Hall–Kier alpha value is -1.74. The van der Waals surface area contributed by atoms with Crippen LogP contribution in [0, 0.1) is 6.92 Å². The fraction of sp³-hybridized carbons (Fsp3) is 0.278. The summed E-state index contributed by atoms with van der Waals surface area (Å²) >= 11 is 4.31. The minimum Gasteiger partial charge on any atom is -0.378 e. The van der Waals surface area contributed by atoms with Gasteiger partial charge in [-0.2, -0.15) is 17.2 Å². The Morgan fingerprint density at radius 2 is 1.95 bits per heavy atom. The van der Waals surface area contributed by atoms with Gasteiger partial charge >= 0.3 is 0 Å². The summed E-state index contributed by atoms with van der Waals surface area (Å²) in [6.45, 7) is 3.07. The average molecular weight is 299 g/mol. The van der Waals surface area contributed by atoms with Gasteiger partial charge < -0.3 is 4.90 Å². The highest BCUT2D eigenvalue weighted by molar-refractivity contribution is 7.80. The van der Waals surface area contributed by atoms with E-state index in [-0.39, 0.29) is 0 Å². The van der Waals surface area contributed by atoms with E-state index in [0.717, 1.165) is 12.3 Å². The summed E-state index contributed by atoms with van der Waals surface area (Å²) in [4.78, 5) is 2.12. The van der Waals surface area contributed by atoms with Gasteiger partial charge in [-0.3, -0.25) is 0 Å². The zero-order valence-electron chi connectivity index (χ0n) is 13.0. The first-order chi connectivity index (χ1) is 10.1. The number of hydrogen-bond acceptors (Lipinski definition) is 2. The number of rotatable bonds is 5. The van der Waals surface area contributed by atoms with E-state index >= 15 is 0 Å². The Kier molecular flexibility index (Phi) is 5.45. The van der Waals surface area contributed by atoms with Gasteiger partial charge in [-0.05, 0) is 42.3 Å². The molecule has 1 heterocycles. The topological polar surface area (TPSA) is 7.12 Å². The maximum Gasteiger partial charge on any atom is 0.205 e. The van der Waals surface area contributed by atoms with E-state index < -0.39 is 0 Å². The third-order valence-electron chi connectivity index (χ3n) is 3.52. The molecule has 2 aromatic rings. The van der Waals surface area contributed by atoms with E-state index in [9.17, 15) is 0 Å². The molecule has 0 aliphatic heterocycles. The van der Waals surface area contributed by atoms with Crippen molar-refractivity contribution < 1.29 is 4.57 Å². The minimum atomic E-state index is 0.839. The Labute approximate surface area is 133 Å². The average Bonchev–Trinajstić information content (AvgIpc) is 2.47. The fourth-order valence-corrected chi connectivity index (χ4v) is 2.47.